The molecule has 0 spiro atoms. The van der Waals surface area contributed by atoms with E-state index in [9.17, 15) is 4.79 Å². The van der Waals surface area contributed by atoms with Crippen LogP contribution in [0.25, 0.3) is 22.3 Å². The number of hydrogen-bond donors (Lipinski definition) is 0. The monoisotopic (exact) mass is 352 g/mol. The molecule has 1 heterocycles. The Balaban J connectivity index is 1.85. The minimum atomic E-state index is -0.227. The van der Waals surface area contributed by atoms with Crippen LogP contribution in [0.4, 0.5) is 0 Å². The molecule has 132 valence electrons. The first kappa shape index (κ1) is 16.1. The summed E-state index contributed by atoms with van der Waals surface area (Å²) in [5.74, 6) is 0.621. The van der Waals surface area contributed by atoms with E-state index in [4.69, 9.17) is 4.42 Å². The molecule has 0 saturated carbocycles. The van der Waals surface area contributed by atoms with Gasteiger partial charge in [-0.25, -0.2) is 0 Å². The Hall–Kier alpha value is -3.13. The van der Waals surface area contributed by atoms with Gasteiger partial charge in [0.05, 0.1) is 5.39 Å². The van der Waals surface area contributed by atoms with Crippen LogP contribution in [0, 0.1) is 0 Å². The lowest BCUT2D eigenvalue weighted by Gasteiger charge is -2.35. The van der Waals surface area contributed by atoms with Crippen molar-refractivity contribution in [3.8, 4) is 11.3 Å². The lowest BCUT2D eigenvalue weighted by molar-refractivity contribution is 0.568. The van der Waals surface area contributed by atoms with Gasteiger partial charge in [-0.1, -0.05) is 74.5 Å². The average molecular weight is 352 g/mol. The van der Waals surface area contributed by atoms with E-state index < -0.39 is 0 Å². The first-order chi connectivity index (χ1) is 13.1. The zero-order chi connectivity index (χ0) is 18.6. The largest absolute Gasteiger partial charge is 0.455 e. The Kier molecular flexibility index (Phi) is 3.38. The summed E-state index contributed by atoms with van der Waals surface area (Å²) in [7, 11) is 0. The van der Waals surface area contributed by atoms with Crippen LogP contribution in [0.2, 0.25) is 0 Å². The molecule has 1 aromatic heterocycles. The molecule has 0 radical (unpaired) electrons. The predicted octanol–water partition coefficient (Wildman–Crippen LogP) is 5.69. The highest BCUT2D eigenvalue weighted by Gasteiger charge is 2.35. The van der Waals surface area contributed by atoms with E-state index in [-0.39, 0.29) is 10.8 Å². The zero-order valence-electron chi connectivity index (χ0n) is 15.5. The third kappa shape index (κ3) is 2.37. The molecule has 1 aliphatic carbocycles. The molecule has 27 heavy (non-hydrogen) atoms. The van der Waals surface area contributed by atoms with Crippen LogP contribution in [0.3, 0.4) is 0 Å². The van der Waals surface area contributed by atoms with Crippen LogP contribution >= 0.6 is 0 Å². The van der Waals surface area contributed by atoms with Gasteiger partial charge < -0.3 is 4.42 Å². The number of rotatable bonds is 1. The first-order valence-electron chi connectivity index (χ1n) is 9.30. The van der Waals surface area contributed by atoms with Crippen molar-refractivity contribution in [3.05, 3.63) is 105 Å². The summed E-state index contributed by atoms with van der Waals surface area (Å²) in [4.78, 5) is 12.9. The molecule has 1 aliphatic rings. The van der Waals surface area contributed by atoms with Gasteiger partial charge in [0, 0.05) is 22.6 Å². The number of hydrogen-bond acceptors (Lipinski definition) is 2. The fraction of sp³-hybridized carbons (Fsp3) is 0.160. The van der Waals surface area contributed by atoms with Gasteiger partial charge in [0.1, 0.15) is 11.3 Å². The fourth-order valence-electron chi connectivity index (χ4n) is 4.46. The van der Waals surface area contributed by atoms with Crippen molar-refractivity contribution < 1.29 is 4.42 Å². The Labute approximate surface area is 158 Å². The lowest BCUT2D eigenvalue weighted by Crippen LogP contribution is -2.27. The van der Waals surface area contributed by atoms with Crippen molar-refractivity contribution in [1.82, 2.24) is 0 Å². The number of fused-ring (bicyclic) bond motifs is 4. The third-order valence-corrected chi connectivity index (χ3v) is 5.74. The summed E-state index contributed by atoms with van der Waals surface area (Å²) in [5.41, 5.74) is 6.44. The van der Waals surface area contributed by atoms with Crippen molar-refractivity contribution in [2.75, 3.05) is 0 Å². The number of benzene rings is 3. The van der Waals surface area contributed by atoms with E-state index in [1.165, 1.54) is 16.7 Å². The molecule has 0 bridgehead atoms. The zero-order valence-corrected chi connectivity index (χ0v) is 15.5. The van der Waals surface area contributed by atoms with E-state index in [1.54, 1.807) is 6.07 Å². The molecule has 0 amide bonds. The molecule has 4 aromatic rings. The third-order valence-electron chi connectivity index (χ3n) is 5.74. The standard InChI is InChI=1S/C25H20O2/c1-25(2)20-11-7-6-10-17(20)14-18-12-13-19-21(26)15-22(27-24(19)23(18)25)16-8-4-3-5-9-16/h3-13,15H,14H2,1-2H3. The van der Waals surface area contributed by atoms with Crippen LogP contribution in [0.5, 0.6) is 0 Å². The summed E-state index contributed by atoms with van der Waals surface area (Å²) >= 11 is 0. The minimum Gasteiger partial charge on any atom is -0.455 e. The van der Waals surface area contributed by atoms with Crippen LogP contribution in [0.15, 0.2) is 82.0 Å². The van der Waals surface area contributed by atoms with Gasteiger partial charge in [-0.2, -0.15) is 0 Å². The molecule has 0 N–H and O–H groups in total. The fourth-order valence-corrected chi connectivity index (χ4v) is 4.46. The van der Waals surface area contributed by atoms with Crippen LogP contribution in [0.1, 0.15) is 36.1 Å². The summed E-state index contributed by atoms with van der Waals surface area (Å²) < 4.78 is 6.38. The second kappa shape index (κ2) is 5.68. The van der Waals surface area contributed by atoms with Crippen molar-refractivity contribution in [3.63, 3.8) is 0 Å². The highest BCUT2D eigenvalue weighted by molar-refractivity contribution is 5.85. The van der Waals surface area contributed by atoms with Gasteiger partial charge in [-0.3, -0.25) is 4.79 Å². The van der Waals surface area contributed by atoms with Crippen LogP contribution in [-0.4, -0.2) is 0 Å². The highest BCUT2D eigenvalue weighted by atomic mass is 16.3. The first-order valence-corrected chi connectivity index (χ1v) is 9.30. The summed E-state index contributed by atoms with van der Waals surface area (Å²) in [6.07, 6.45) is 0.865. The molecular formula is C25H20O2. The van der Waals surface area contributed by atoms with E-state index in [2.05, 4.69) is 44.2 Å². The highest BCUT2D eigenvalue weighted by Crippen LogP contribution is 2.44. The second-order valence-electron chi connectivity index (χ2n) is 7.78. The molecule has 2 heteroatoms. The van der Waals surface area contributed by atoms with Crippen molar-refractivity contribution >= 4 is 11.0 Å². The molecule has 3 aromatic carbocycles. The Morgan fingerprint density at radius 3 is 2.41 bits per heavy atom. The normalized spacial score (nSPS) is 14.6. The van der Waals surface area contributed by atoms with E-state index in [0.29, 0.717) is 11.1 Å². The van der Waals surface area contributed by atoms with Gasteiger partial charge in [0.2, 0.25) is 0 Å². The van der Waals surface area contributed by atoms with Crippen LogP contribution < -0.4 is 5.43 Å². The average Bonchev–Trinajstić information content (AvgIpc) is 2.68. The van der Waals surface area contributed by atoms with Gasteiger partial charge in [-0.05, 0) is 29.2 Å². The van der Waals surface area contributed by atoms with Crippen molar-refractivity contribution in [2.24, 2.45) is 0 Å². The molecule has 0 aliphatic heterocycles. The van der Waals surface area contributed by atoms with E-state index in [0.717, 1.165) is 23.1 Å². The molecule has 0 unspecified atom stereocenters. The molecule has 2 nitrogen and oxygen atoms in total. The maximum absolute atomic E-state index is 12.9. The van der Waals surface area contributed by atoms with Crippen molar-refractivity contribution in [1.29, 1.82) is 0 Å². The van der Waals surface area contributed by atoms with Gasteiger partial charge in [-0.15, -0.1) is 0 Å². The van der Waals surface area contributed by atoms with E-state index >= 15 is 0 Å². The summed E-state index contributed by atoms with van der Waals surface area (Å²) in [6, 6.07) is 24.0. The molecular weight excluding hydrogens is 332 g/mol. The SMILES string of the molecule is CC1(C)c2ccccc2Cc2ccc3c(=O)cc(-c4ccccc4)oc3c21. The molecule has 0 saturated heterocycles. The molecule has 5 rings (SSSR count). The predicted molar refractivity (Wildman–Crippen MR) is 109 cm³/mol. The Morgan fingerprint density at radius 1 is 0.852 bits per heavy atom. The van der Waals surface area contributed by atoms with Gasteiger partial charge in [0.15, 0.2) is 5.43 Å². The molecule has 0 atom stereocenters. The quantitative estimate of drug-likeness (QED) is 0.440. The van der Waals surface area contributed by atoms with Gasteiger partial charge >= 0.3 is 0 Å². The summed E-state index contributed by atoms with van der Waals surface area (Å²) in [6.45, 7) is 4.44. The smallest absolute Gasteiger partial charge is 0.193 e. The lowest BCUT2D eigenvalue weighted by atomic mass is 9.68. The minimum absolute atomic E-state index is 0.00700. The Bertz CT molecular complexity index is 1230. The van der Waals surface area contributed by atoms with Crippen molar-refractivity contribution in [2.45, 2.75) is 25.7 Å². The maximum Gasteiger partial charge on any atom is 0.193 e. The maximum atomic E-state index is 12.9. The topological polar surface area (TPSA) is 30.2 Å². The van der Waals surface area contributed by atoms with E-state index in [1.807, 2.05) is 36.4 Å². The second-order valence-corrected chi connectivity index (χ2v) is 7.78. The Morgan fingerprint density at radius 2 is 1.59 bits per heavy atom. The van der Waals surface area contributed by atoms with Gasteiger partial charge in [0.25, 0.3) is 0 Å². The summed E-state index contributed by atoms with van der Waals surface area (Å²) in [5, 5.41) is 0.654. The van der Waals surface area contributed by atoms with Crippen LogP contribution in [-0.2, 0) is 11.8 Å². The molecule has 0 fully saturated rings.